The molecular formula is C20H18N4O2S. The summed E-state index contributed by atoms with van der Waals surface area (Å²) in [6.07, 6.45) is -0.719. The molecule has 1 N–H and O–H groups in total. The third-order valence-corrected chi connectivity index (χ3v) is 5.76. The predicted molar refractivity (Wildman–Crippen MR) is 104 cm³/mol. The normalized spacial score (nSPS) is 12.9. The van der Waals surface area contributed by atoms with Gasteiger partial charge in [0.15, 0.2) is 0 Å². The van der Waals surface area contributed by atoms with Crippen LogP contribution < -0.4 is 4.72 Å². The van der Waals surface area contributed by atoms with Gasteiger partial charge in [0.1, 0.15) is 11.7 Å². The molecule has 136 valence electrons. The average molecular weight is 378 g/mol. The lowest BCUT2D eigenvalue weighted by Gasteiger charge is -2.20. The Labute approximate surface area is 157 Å². The SMILES string of the molecule is Cc1ccc(C(NS(=O)(=O)c2ccccc2)n2nnc3ccccc32)cc1. The van der Waals surface area contributed by atoms with Gasteiger partial charge >= 0.3 is 0 Å². The number of rotatable bonds is 5. The van der Waals surface area contributed by atoms with Crippen molar-refractivity contribution >= 4 is 21.1 Å². The molecule has 0 aliphatic rings. The summed E-state index contributed by atoms with van der Waals surface area (Å²) in [5.41, 5.74) is 3.31. The number of fused-ring (bicyclic) bond motifs is 1. The number of hydrogen-bond donors (Lipinski definition) is 1. The highest BCUT2D eigenvalue weighted by atomic mass is 32.2. The van der Waals surface area contributed by atoms with Crippen LogP contribution in [0.3, 0.4) is 0 Å². The summed E-state index contributed by atoms with van der Waals surface area (Å²) >= 11 is 0. The highest BCUT2D eigenvalue weighted by Gasteiger charge is 2.25. The van der Waals surface area contributed by atoms with Gasteiger partial charge < -0.3 is 0 Å². The second-order valence-corrected chi connectivity index (χ2v) is 7.98. The third kappa shape index (κ3) is 3.47. The Morgan fingerprint density at radius 2 is 1.56 bits per heavy atom. The third-order valence-electron chi connectivity index (χ3n) is 4.34. The zero-order valence-corrected chi connectivity index (χ0v) is 15.5. The summed E-state index contributed by atoms with van der Waals surface area (Å²) in [5, 5.41) is 8.38. The summed E-state index contributed by atoms with van der Waals surface area (Å²) in [6.45, 7) is 1.98. The molecule has 0 saturated carbocycles. The highest BCUT2D eigenvalue weighted by Crippen LogP contribution is 2.23. The average Bonchev–Trinajstić information content (AvgIpc) is 3.12. The Morgan fingerprint density at radius 3 is 2.30 bits per heavy atom. The molecule has 0 aliphatic carbocycles. The quantitative estimate of drug-likeness (QED) is 0.578. The first-order valence-corrected chi connectivity index (χ1v) is 9.97. The summed E-state index contributed by atoms with van der Waals surface area (Å²) in [6, 6.07) is 23.4. The van der Waals surface area contributed by atoms with E-state index in [0.29, 0.717) is 5.52 Å². The van der Waals surface area contributed by atoms with Crippen molar-refractivity contribution in [1.82, 2.24) is 19.7 Å². The topological polar surface area (TPSA) is 76.9 Å². The van der Waals surface area contributed by atoms with Gasteiger partial charge in [0.05, 0.1) is 10.4 Å². The van der Waals surface area contributed by atoms with E-state index in [-0.39, 0.29) is 4.90 Å². The maximum absolute atomic E-state index is 12.9. The second kappa shape index (κ2) is 6.94. The van der Waals surface area contributed by atoms with Gasteiger partial charge in [-0.3, -0.25) is 0 Å². The van der Waals surface area contributed by atoms with Gasteiger partial charge in [0.25, 0.3) is 0 Å². The molecule has 0 spiro atoms. The van der Waals surface area contributed by atoms with E-state index in [4.69, 9.17) is 0 Å². The first kappa shape index (κ1) is 17.4. The van der Waals surface area contributed by atoms with Crippen LogP contribution in [0, 0.1) is 6.92 Å². The number of aromatic nitrogens is 3. The Morgan fingerprint density at radius 1 is 0.889 bits per heavy atom. The van der Waals surface area contributed by atoms with E-state index in [1.165, 1.54) is 0 Å². The molecule has 1 unspecified atom stereocenters. The second-order valence-electron chi connectivity index (χ2n) is 6.27. The molecule has 4 rings (SSSR count). The minimum atomic E-state index is -3.75. The molecule has 0 amide bonds. The van der Waals surface area contributed by atoms with Crippen molar-refractivity contribution in [2.75, 3.05) is 0 Å². The predicted octanol–water partition coefficient (Wildman–Crippen LogP) is 3.27. The maximum Gasteiger partial charge on any atom is 0.242 e. The summed E-state index contributed by atoms with van der Waals surface area (Å²) in [7, 11) is -3.75. The van der Waals surface area contributed by atoms with Crippen LogP contribution in [0.4, 0.5) is 0 Å². The van der Waals surface area contributed by atoms with E-state index in [1.54, 1.807) is 35.0 Å². The fraction of sp³-hybridized carbons (Fsp3) is 0.100. The van der Waals surface area contributed by atoms with Crippen molar-refractivity contribution in [3.8, 4) is 0 Å². The van der Waals surface area contributed by atoms with Crippen LogP contribution >= 0.6 is 0 Å². The zero-order chi connectivity index (χ0) is 18.9. The number of benzene rings is 3. The number of hydrogen-bond acceptors (Lipinski definition) is 4. The lowest BCUT2D eigenvalue weighted by molar-refractivity contribution is 0.481. The van der Waals surface area contributed by atoms with Crippen LogP contribution in [0.2, 0.25) is 0 Å². The summed E-state index contributed by atoms with van der Waals surface area (Å²) < 4.78 is 30.3. The summed E-state index contributed by atoms with van der Waals surface area (Å²) in [5.74, 6) is 0. The molecule has 4 aromatic rings. The van der Waals surface area contributed by atoms with Crippen molar-refractivity contribution in [3.05, 3.63) is 90.0 Å². The molecule has 27 heavy (non-hydrogen) atoms. The molecule has 1 atom stereocenters. The van der Waals surface area contributed by atoms with E-state index >= 15 is 0 Å². The number of nitrogens with zero attached hydrogens (tertiary/aromatic N) is 3. The van der Waals surface area contributed by atoms with Crippen LogP contribution in [-0.2, 0) is 10.0 Å². The standard InChI is InChI=1S/C20H18N4O2S/c1-15-11-13-16(14-12-15)20(22-27(25,26)17-7-3-2-4-8-17)24-19-10-6-5-9-18(19)21-23-24/h2-14,20,22H,1H3. The molecule has 1 heterocycles. The maximum atomic E-state index is 12.9. The molecule has 0 aliphatic heterocycles. The molecule has 0 radical (unpaired) electrons. The minimum Gasteiger partial charge on any atom is -0.222 e. The molecule has 3 aromatic carbocycles. The number of para-hydroxylation sites is 1. The summed E-state index contributed by atoms with van der Waals surface area (Å²) in [4.78, 5) is 0.200. The molecule has 0 fully saturated rings. The molecule has 1 aromatic heterocycles. The Hall–Kier alpha value is -3.03. The van der Waals surface area contributed by atoms with E-state index in [1.807, 2.05) is 55.5 Å². The van der Waals surface area contributed by atoms with Crippen LogP contribution in [0.25, 0.3) is 11.0 Å². The lowest BCUT2D eigenvalue weighted by atomic mass is 10.1. The van der Waals surface area contributed by atoms with Crippen LogP contribution in [0.1, 0.15) is 17.3 Å². The monoisotopic (exact) mass is 378 g/mol. The molecular weight excluding hydrogens is 360 g/mol. The van der Waals surface area contributed by atoms with E-state index in [0.717, 1.165) is 16.6 Å². The molecule has 7 heteroatoms. The number of aryl methyl sites for hydroxylation is 1. The van der Waals surface area contributed by atoms with Gasteiger partial charge in [-0.05, 0) is 36.8 Å². The first-order chi connectivity index (χ1) is 13.0. The van der Waals surface area contributed by atoms with Gasteiger partial charge in [-0.15, -0.1) is 5.10 Å². The van der Waals surface area contributed by atoms with Crippen molar-refractivity contribution < 1.29 is 8.42 Å². The van der Waals surface area contributed by atoms with E-state index < -0.39 is 16.2 Å². The van der Waals surface area contributed by atoms with Crippen molar-refractivity contribution in [2.45, 2.75) is 18.0 Å². The molecule has 0 saturated heterocycles. The fourth-order valence-electron chi connectivity index (χ4n) is 2.90. The number of nitrogens with one attached hydrogen (secondary N) is 1. The van der Waals surface area contributed by atoms with Gasteiger partial charge in [-0.25, -0.2) is 13.1 Å². The van der Waals surface area contributed by atoms with Gasteiger partial charge in [-0.1, -0.05) is 65.4 Å². The van der Waals surface area contributed by atoms with Crippen LogP contribution in [0.5, 0.6) is 0 Å². The van der Waals surface area contributed by atoms with Gasteiger partial charge in [-0.2, -0.15) is 4.72 Å². The van der Waals surface area contributed by atoms with Crippen molar-refractivity contribution in [3.63, 3.8) is 0 Å². The first-order valence-electron chi connectivity index (χ1n) is 8.48. The Bertz CT molecular complexity index is 1170. The smallest absolute Gasteiger partial charge is 0.222 e. The fourth-order valence-corrected chi connectivity index (χ4v) is 4.08. The Kier molecular flexibility index (Phi) is 4.47. The number of sulfonamides is 1. The zero-order valence-electron chi connectivity index (χ0n) is 14.6. The minimum absolute atomic E-state index is 0.200. The molecule has 0 bridgehead atoms. The van der Waals surface area contributed by atoms with Gasteiger partial charge in [0, 0.05) is 0 Å². The Balaban J connectivity index is 1.83. The lowest BCUT2D eigenvalue weighted by Crippen LogP contribution is -2.34. The molecule has 6 nitrogen and oxygen atoms in total. The van der Waals surface area contributed by atoms with E-state index in [2.05, 4.69) is 15.0 Å². The van der Waals surface area contributed by atoms with Crippen molar-refractivity contribution in [2.24, 2.45) is 0 Å². The van der Waals surface area contributed by atoms with Crippen LogP contribution in [0.15, 0.2) is 83.8 Å². The van der Waals surface area contributed by atoms with Crippen molar-refractivity contribution in [1.29, 1.82) is 0 Å². The highest BCUT2D eigenvalue weighted by molar-refractivity contribution is 7.89. The van der Waals surface area contributed by atoms with Gasteiger partial charge in [0.2, 0.25) is 10.0 Å². The van der Waals surface area contributed by atoms with Crippen LogP contribution in [-0.4, -0.2) is 23.4 Å². The van der Waals surface area contributed by atoms with E-state index in [9.17, 15) is 8.42 Å². The largest absolute Gasteiger partial charge is 0.242 e.